The van der Waals surface area contributed by atoms with Gasteiger partial charge in [-0.25, -0.2) is 0 Å². The van der Waals surface area contributed by atoms with Gasteiger partial charge in [-0.05, 0) is 33.0 Å². The standard InChI is InChI=1S/C10H15N5S/c1-6(2)15-9(11-12-10(15)16)8-5-14(4)13-7(8)3/h5-6H,1-4H3,(H,12,16). The molecule has 2 heterocycles. The van der Waals surface area contributed by atoms with Crippen LogP contribution in [-0.2, 0) is 7.05 Å². The fraction of sp³-hybridized carbons (Fsp3) is 0.500. The van der Waals surface area contributed by atoms with Gasteiger partial charge in [0.05, 0.1) is 11.3 Å². The van der Waals surface area contributed by atoms with Gasteiger partial charge in [-0.3, -0.25) is 14.3 Å². The van der Waals surface area contributed by atoms with Gasteiger partial charge in [-0.15, -0.1) is 0 Å². The summed E-state index contributed by atoms with van der Waals surface area (Å²) in [5, 5.41) is 11.4. The molecule has 0 amide bonds. The maximum absolute atomic E-state index is 5.22. The summed E-state index contributed by atoms with van der Waals surface area (Å²) < 4.78 is 4.43. The molecule has 0 aliphatic heterocycles. The summed E-state index contributed by atoms with van der Waals surface area (Å²) in [6.45, 7) is 6.14. The highest BCUT2D eigenvalue weighted by molar-refractivity contribution is 7.71. The van der Waals surface area contributed by atoms with Crippen LogP contribution in [0.3, 0.4) is 0 Å². The number of nitrogens with one attached hydrogen (secondary N) is 1. The van der Waals surface area contributed by atoms with Gasteiger partial charge < -0.3 is 0 Å². The average Bonchev–Trinajstić information content (AvgIpc) is 2.69. The molecule has 1 N–H and O–H groups in total. The highest BCUT2D eigenvalue weighted by Crippen LogP contribution is 2.23. The Morgan fingerprint density at radius 1 is 1.44 bits per heavy atom. The van der Waals surface area contributed by atoms with E-state index in [9.17, 15) is 0 Å². The van der Waals surface area contributed by atoms with Gasteiger partial charge in [0.2, 0.25) is 0 Å². The van der Waals surface area contributed by atoms with E-state index >= 15 is 0 Å². The van der Waals surface area contributed by atoms with Crippen molar-refractivity contribution in [1.82, 2.24) is 24.5 Å². The molecule has 0 aromatic carbocycles. The SMILES string of the molecule is Cc1nn(C)cc1-c1n[nH]c(=S)n1C(C)C. The van der Waals surface area contributed by atoms with Crippen molar-refractivity contribution >= 4 is 12.2 Å². The second-order valence-corrected chi connectivity index (χ2v) is 4.50. The number of rotatable bonds is 2. The van der Waals surface area contributed by atoms with Crippen LogP contribution in [0, 0.1) is 11.7 Å². The molecule has 0 atom stereocenters. The minimum atomic E-state index is 0.279. The van der Waals surface area contributed by atoms with Gasteiger partial charge in [0.25, 0.3) is 0 Å². The van der Waals surface area contributed by atoms with Crippen LogP contribution >= 0.6 is 12.2 Å². The number of hydrogen-bond donors (Lipinski definition) is 1. The molecule has 0 spiro atoms. The first-order valence-electron chi connectivity index (χ1n) is 5.18. The van der Waals surface area contributed by atoms with E-state index in [1.54, 1.807) is 4.68 Å². The summed E-state index contributed by atoms with van der Waals surface area (Å²) in [5.41, 5.74) is 1.97. The maximum Gasteiger partial charge on any atom is 0.195 e. The molecule has 5 nitrogen and oxygen atoms in total. The topological polar surface area (TPSA) is 51.4 Å². The number of aromatic nitrogens is 5. The number of aryl methyl sites for hydroxylation is 2. The predicted octanol–water partition coefficient (Wildman–Crippen LogP) is 2.23. The quantitative estimate of drug-likeness (QED) is 0.815. The van der Waals surface area contributed by atoms with Crippen molar-refractivity contribution < 1.29 is 0 Å². The lowest BCUT2D eigenvalue weighted by atomic mass is 10.2. The Balaban J connectivity index is 2.65. The van der Waals surface area contributed by atoms with Crippen LogP contribution in [-0.4, -0.2) is 24.5 Å². The van der Waals surface area contributed by atoms with E-state index in [1.807, 2.05) is 24.7 Å². The van der Waals surface area contributed by atoms with Gasteiger partial charge in [0.15, 0.2) is 10.6 Å². The normalized spacial score (nSPS) is 11.3. The monoisotopic (exact) mass is 237 g/mol. The zero-order valence-corrected chi connectivity index (χ0v) is 10.7. The minimum Gasteiger partial charge on any atom is -0.298 e. The second kappa shape index (κ2) is 3.86. The van der Waals surface area contributed by atoms with E-state index in [2.05, 4.69) is 29.1 Å². The Labute approximate surface area is 99.1 Å². The molecular weight excluding hydrogens is 222 g/mol. The first kappa shape index (κ1) is 11.1. The Morgan fingerprint density at radius 3 is 2.62 bits per heavy atom. The van der Waals surface area contributed by atoms with E-state index < -0.39 is 0 Å². The summed E-state index contributed by atoms with van der Waals surface area (Å²) >= 11 is 5.22. The molecule has 0 unspecified atom stereocenters. The van der Waals surface area contributed by atoms with Gasteiger partial charge in [-0.2, -0.15) is 10.2 Å². The molecule has 86 valence electrons. The summed E-state index contributed by atoms with van der Waals surface area (Å²) in [7, 11) is 1.90. The molecule has 0 radical (unpaired) electrons. The van der Waals surface area contributed by atoms with Crippen LogP contribution in [0.5, 0.6) is 0 Å². The summed E-state index contributed by atoms with van der Waals surface area (Å²) in [6, 6.07) is 0.279. The van der Waals surface area contributed by atoms with Crippen molar-refractivity contribution in [2.45, 2.75) is 26.8 Å². The van der Waals surface area contributed by atoms with E-state index in [-0.39, 0.29) is 6.04 Å². The van der Waals surface area contributed by atoms with E-state index in [4.69, 9.17) is 12.2 Å². The zero-order chi connectivity index (χ0) is 11.9. The first-order chi connectivity index (χ1) is 7.50. The average molecular weight is 237 g/mol. The molecule has 0 bridgehead atoms. The van der Waals surface area contributed by atoms with Crippen LogP contribution in [0.25, 0.3) is 11.4 Å². The highest BCUT2D eigenvalue weighted by Gasteiger charge is 2.15. The molecule has 0 fully saturated rings. The van der Waals surface area contributed by atoms with E-state index in [1.165, 1.54) is 0 Å². The number of H-pyrrole nitrogens is 1. The largest absolute Gasteiger partial charge is 0.298 e. The van der Waals surface area contributed by atoms with Gasteiger partial charge >= 0.3 is 0 Å². The lowest BCUT2D eigenvalue weighted by Gasteiger charge is -2.09. The molecule has 2 rings (SSSR count). The molecule has 2 aromatic rings. The molecule has 0 saturated heterocycles. The molecule has 16 heavy (non-hydrogen) atoms. The first-order valence-corrected chi connectivity index (χ1v) is 5.59. The van der Waals surface area contributed by atoms with E-state index in [0.717, 1.165) is 17.1 Å². The molecule has 6 heteroatoms. The Morgan fingerprint density at radius 2 is 2.12 bits per heavy atom. The zero-order valence-electron chi connectivity index (χ0n) is 9.85. The lowest BCUT2D eigenvalue weighted by Crippen LogP contribution is -2.03. The van der Waals surface area contributed by atoms with Crippen LogP contribution < -0.4 is 0 Å². The summed E-state index contributed by atoms with van der Waals surface area (Å²) in [4.78, 5) is 0. The number of aromatic amines is 1. The number of hydrogen-bond acceptors (Lipinski definition) is 3. The Hall–Kier alpha value is -1.43. The predicted molar refractivity (Wildman–Crippen MR) is 64.7 cm³/mol. The molecular formula is C10H15N5S. The fourth-order valence-electron chi connectivity index (χ4n) is 1.79. The third kappa shape index (κ3) is 1.69. The van der Waals surface area contributed by atoms with Crippen molar-refractivity contribution in [2.24, 2.45) is 7.05 Å². The lowest BCUT2D eigenvalue weighted by molar-refractivity contribution is 0.597. The van der Waals surface area contributed by atoms with Crippen molar-refractivity contribution in [1.29, 1.82) is 0 Å². The highest BCUT2D eigenvalue weighted by atomic mass is 32.1. The fourth-order valence-corrected chi connectivity index (χ4v) is 2.14. The van der Waals surface area contributed by atoms with E-state index in [0.29, 0.717) is 4.77 Å². The second-order valence-electron chi connectivity index (χ2n) is 4.12. The van der Waals surface area contributed by atoms with Crippen molar-refractivity contribution in [3.63, 3.8) is 0 Å². The van der Waals surface area contributed by atoms with Crippen LogP contribution in [0.1, 0.15) is 25.6 Å². The smallest absolute Gasteiger partial charge is 0.195 e. The Kier molecular flexibility index (Phi) is 2.67. The van der Waals surface area contributed by atoms with Gasteiger partial charge in [0, 0.05) is 19.3 Å². The van der Waals surface area contributed by atoms with Crippen LogP contribution in [0.4, 0.5) is 0 Å². The molecule has 0 aliphatic rings. The third-order valence-electron chi connectivity index (χ3n) is 2.48. The summed E-state index contributed by atoms with van der Waals surface area (Å²) in [6.07, 6.45) is 1.96. The van der Waals surface area contributed by atoms with Gasteiger partial charge in [0.1, 0.15) is 0 Å². The maximum atomic E-state index is 5.22. The van der Waals surface area contributed by atoms with Gasteiger partial charge in [-0.1, -0.05) is 0 Å². The molecule has 2 aromatic heterocycles. The van der Waals surface area contributed by atoms with Crippen LogP contribution in [0.15, 0.2) is 6.20 Å². The van der Waals surface area contributed by atoms with Crippen molar-refractivity contribution in [3.8, 4) is 11.4 Å². The number of nitrogens with zero attached hydrogens (tertiary/aromatic N) is 4. The van der Waals surface area contributed by atoms with Crippen molar-refractivity contribution in [2.75, 3.05) is 0 Å². The van der Waals surface area contributed by atoms with Crippen LogP contribution in [0.2, 0.25) is 0 Å². The molecule has 0 aliphatic carbocycles. The molecule has 0 saturated carbocycles. The third-order valence-corrected chi connectivity index (χ3v) is 2.76. The minimum absolute atomic E-state index is 0.279. The summed E-state index contributed by atoms with van der Waals surface area (Å²) in [5.74, 6) is 0.852. The Bertz CT molecular complexity index is 560. The van der Waals surface area contributed by atoms with Crippen molar-refractivity contribution in [3.05, 3.63) is 16.7 Å².